The van der Waals surface area contributed by atoms with Crippen LogP contribution in [-0.2, 0) is 11.2 Å². The number of ether oxygens (including phenoxy) is 3. The van der Waals surface area contributed by atoms with Crippen molar-refractivity contribution in [2.45, 2.75) is 32.4 Å². The molecule has 3 N–H and O–H groups in total. The molecule has 0 saturated carbocycles. The van der Waals surface area contributed by atoms with Crippen molar-refractivity contribution >= 4 is 28.9 Å². The van der Waals surface area contributed by atoms with Gasteiger partial charge in [-0.15, -0.1) is 0 Å². The van der Waals surface area contributed by atoms with E-state index < -0.39 is 0 Å². The highest BCUT2D eigenvalue weighted by Crippen LogP contribution is 2.43. The van der Waals surface area contributed by atoms with Crippen molar-refractivity contribution in [1.82, 2.24) is 15.3 Å². The van der Waals surface area contributed by atoms with Gasteiger partial charge in [-0.2, -0.15) is 0 Å². The van der Waals surface area contributed by atoms with E-state index in [0.29, 0.717) is 52.2 Å². The Bertz CT molecular complexity index is 1160. The molecule has 0 spiro atoms. The molecule has 0 aliphatic carbocycles. The van der Waals surface area contributed by atoms with Crippen LogP contribution in [-0.4, -0.2) is 48.8 Å². The van der Waals surface area contributed by atoms with Gasteiger partial charge in [-0.05, 0) is 32.0 Å². The number of aromatic amines is 1. The number of nitrogens with one attached hydrogen (secondary N) is 3. The molecular weight excluding hydrogens is 444 g/mol. The van der Waals surface area contributed by atoms with Crippen molar-refractivity contribution < 1.29 is 19.0 Å². The standard InChI is InChI=1S/C24H27ClN4O4/c1-13-10-18-20(24(30)27-13)22(28-17-7-5-6-16(25)23(17)32-4)21(29-18)15-8-9-26-11-19(15)33-12-14(2)31-3/h5-9,11,13-14,28-29H,10,12H2,1-4H3,(H,27,30)/t13-,14+/m1/s1. The number of anilines is 2. The van der Waals surface area contributed by atoms with E-state index in [4.69, 9.17) is 25.8 Å². The smallest absolute Gasteiger partial charge is 0.255 e. The fourth-order valence-electron chi connectivity index (χ4n) is 3.86. The summed E-state index contributed by atoms with van der Waals surface area (Å²) in [7, 11) is 3.19. The minimum Gasteiger partial charge on any atom is -0.493 e. The summed E-state index contributed by atoms with van der Waals surface area (Å²) >= 11 is 6.34. The monoisotopic (exact) mass is 470 g/mol. The second-order valence-electron chi connectivity index (χ2n) is 7.98. The number of amides is 1. The van der Waals surface area contributed by atoms with Gasteiger partial charge in [-0.1, -0.05) is 17.7 Å². The Morgan fingerprint density at radius 2 is 2.12 bits per heavy atom. The van der Waals surface area contributed by atoms with Crippen molar-refractivity contribution in [1.29, 1.82) is 0 Å². The molecule has 9 heteroatoms. The number of H-pyrrole nitrogens is 1. The molecule has 0 unspecified atom stereocenters. The fourth-order valence-corrected chi connectivity index (χ4v) is 4.11. The lowest BCUT2D eigenvalue weighted by Gasteiger charge is -2.21. The number of pyridine rings is 1. The molecule has 1 aliphatic heterocycles. The third-order valence-corrected chi connectivity index (χ3v) is 5.85. The van der Waals surface area contributed by atoms with Crippen LogP contribution >= 0.6 is 11.6 Å². The third-order valence-electron chi connectivity index (χ3n) is 5.55. The molecular formula is C24H27ClN4O4. The first-order valence-electron chi connectivity index (χ1n) is 10.7. The molecule has 0 bridgehead atoms. The van der Waals surface area contributed by atoms with Gasteiger partial charge in [0.05, 0.1) is 47.1 Å². The summed E-state index contributed by atoms with van der Waals surface area (Å²) in [5.41, 5.74) is 4.14. The summed E-state index contributed by atoms with van der Waals surface area (Å²) in [6, 6.07) is 7.29. The SMILES string of the molecule is COc1c(Cl)cccc1Nc1c(-c2ccncc2OC[C@H](C)OC)[nH]c2c1C(=O)N[C@H](C)C2. The number of hydrogen-bond donors (Lipinski definition) is 3. The number of methoxy groups -OCH3 is 2. The predicted octanol–water partition coefficient (Wildman–Crippen LogP) is 4.57. The van der Waals surface area contributed by atoms with Crippen molar-refractivity contribution in [2.24, 2.45) is 0 Å². The summed E-state index contributed by atoms with van der Waals surface area (Å²) in [5, 5.41) is 6.86. The molecule has 1 aliphatic rings. The van der Waals surface area contributed by atoms with E-state index in [9.17, 15) is 4.79 Å². The molecule has 1 aromatic carbocycles. The molecule has 1 amide bonds. The van der Waals surface area contributed by atoms with Crippen LogP contribution in [0.3, 0.4) is 0 Å². The van der Waals surface area contributed by atoms with Gasteiger partial charge < -0.3 is 29.8 Å². The van der Waals surface area contributed by atoms with Crippen LogP contribution in [0.15, 0.2) is 36.7 Å². The molecule has 3 aromatic rings. The summed E-state index contributed by atoms with van der Waals surface area (Å²) in [6.07, 6.45) is 3.93. The average molecular weight is 471 g/mol. The lowest BCUT2D eigenvalue weighted by atomic mass is 10.0. The number of hydrogen-bond acceptors (Lipinski definition) is 6. The van der Waals surface area contributed by atoms with Gasteiger partial charge in [-0.3, -0.25) is 9.78 Å². The van der Waals surface area contributed by atoms with Gasteiger partial charge >= 0.3 is 0 Å². The summed E-state index contributed by atoms with van der Waals surface area (Å²) in [5.74, 6) is 0.915. The molecule has 0 saturated heterocycles. The van der Waals surface area contributed by atoms with Crippen molar-refractivity contribution in [3.05, 3.63) is 52.9 Å². The molecule has 0 radical (unpaired) electrons. The highest BCUT2D eigenvalue weighted by atomic mass is 35.5. The lowest BCUT2D eigenvalue weighted by Crippen LogP contribution is -2.39. The van der Waals surface area contributed by atoms with Gasteiger partial charge in [0.15, 0.2) is 5.75 Å². The summed E-state index contributed by atoms with van der Waals surface area (Å²) in [4.78, 5) is 20.7. The molecule has 2 atom stereocenters. The Labute approximate surface area is 197 Å². The van der Waals surface area contributed by atoms with Crippen LogP contribution in [0.1, 0.15) is 29.9 Å². The second-order valence-corrected chi connectivity index (χ2v) is 8.39. The van der Waals surface area contributed by atoms with E-state index in [1.54, 1.807) is 32.7 Å². The quantitative estimate of drug-likeness (QED) is 0.446. The number of halogens is 1. The van der Waals surface area contributed by atoms with Crippen LogP contribution in [0.5, 0.6) is 11.5 Å². The maximum absolute atomic E-state index is 13.0. The predicted molar refractivity (Wildman–Crippen MR) is 128 cm³/mol. The highest BCUT2D eigenvalue weighted by molar-refractivity contribution is 6.32. The van der Waals surface area contributed by atoms with E-state index in [-0.39, 0.29) is 18.1 Å². The number of aromatic nitrogens is 2. The second kappa shape index (κ2) is 9.72. The Kier molecular flexibility index (Phi) is 6.76. The first kappa shape index (κ1) is 22.9. The number of benzene rings is 1. The lowest BCUT2D eigenvalue weighted by molar-refractivity contribution is 0.0717. The average Bonchev–Trinajstić information content (AvgIpc) is 3.15. The molecule has 4 rings (SSSR count). The Hall–Kier alpha value is -3.23. The van der Waals surface area contributed by atoms with Gasteiger partial charge in [0.25, 0.3) is 5.91 Å². The zero-order valence-electron chi connectivity index (χ0n) is 19.0. The maximum atomic E-state index is 13.0. The molecule has 33 heavy (non-hydrogen) atoms. The van der Waals surface area contributed by atoms with E-state index in [2.05, 4.69) is 20.6 Å². The number of nitrogens with zero attached hydrogens (tertiary/aromatic N) is 1. The first-order chi connectivity index (χ1) is 15.9. The third kappa shape index (κ3) is 4.62. The first-order valence-corrected chi connectivity index (χ1v) is 11.1. The molecule has 3 heterocycles. The number of fused-ring (bicyclic) bond motifs is 1. The molecule has 8 nitrogen and oxygen atoms in total. The number of carbonyl (C=O) groups is 1. The van der Waals surface area contributed by atoms with Gasteiger partial charge in [0.1, 0.15) is 12.4 Å². The number of rotatable bonds is 8. The molecule has 0 fully saturated rings. The van der Waals surface area contributed by atoms with E-state index in [0.717, 1.165) is 11.3 Å². The molecule has 174 valence electrons. The summed E-state index contributed by atoms with van der Waals surface area (Å²) < 4.78 is 16.8. The van der Waals surface area contributed by atoms with Crippen molar-refractivity contribution in [3.63, 3.8) is 0 Å². The van der Waals surface area contributed by atoms with Crippen LogP contribution < -0.4 is 20.1 Å². The Morgan fingerprint density at radius 3 is 2.88 bits per heavy atom. The van der Waals surface area contributed by atoms with Crippen molar-refractivity contribution in [2.75, 3.05) is 26.1 Å². The van der Waals surface area contributed by atoms with Crippen LogP contribution in [0, 0.1) is 0 Å². The fraction of sp³-hybridized carbons (Fsp3) is 0.333. The number of para-hydroxylation sites is 1. The topological polar surface area (TPSA) is 97.5 Å². The Morgan fingerprint density at radius 1 is 1.30 bits per heavy atom. The maximum Gasteiger partial charge on any atom is 0.255 e. The zero-order valence-corrected chi connectivity index (χ0v) is 19.7. The Balaban J connectivity index is 1.85. The van der Waals surface area contributed by atoms with Gasteiger partial charge in [-0.25, -0.2) is 0 Å². The van der Waals surface area contributed by atoms with E-state index in [1.807, 2.05) is 32.0 Å². The minimum absolute atomic E-state index is 0.0146. The number of carbonyl (C=O) groups excluding carboxylic acids is 1. The van der Waals surface area contributed by atoms with Crippen LogP contribution in [0.25, 0.3) is 11.3 Å². The zero-order chi connectivity index (χ0) is 23.5. The van der Waals surface area contributed by atoms with E-state index >= 15 is 0 Å². The largest absolute Gasteiger partial charge is 0.493 e. The molecule has 2 aromatic heterocycles. The normalized spacial score (nSPS) is 16.0. The van der Waals surface area contributed by atoms with Gasteiger partial charge in [0, 0.05) is 37.0 Å². The van der Waals surface area contributed by atoms with Crippen molar-refractivity contribution in [3.8, 4) is 22.8 Å². The van der Waals surface area contributed by atoms with Crippen LogP contribution in [0.4, 0.5) is 11.4 Å². The highest BCUT2D eigenvalue weighted by Gasteiger charge is 2.31. The van der Waals surface area contributed by atoms with E-state index in [1.165, 1.54) is 0 Å². The van der Waals surface area contributed by atoms with Gasteiger partial charge in [0.2, 0.25) is 0 Å². The summed E-state index contributed by atoms with van der Waals surface area (Å²) in [6.45, 7) is 4.26. The van der Waals surface area contributed by atoms with Crippen LogP contribution in [0.2, 0.25) is 5.02 Å². The minimum atomic E-state index is -0.153.